The van der Waals surface area contributed by atoms with Gasteiger partial charge in [0.1, 0.15) is 11.5 Å². The summed E-state index contributed by atoms with van der Waals surface area (Å²) in [5.74, 6) is 0.163. The number of aliphatic hydroxyl groups is 2. The van der Waals surface area contributed by atoms with Gasteiger partial charge < -0.3 is 45.3 Å². The van der Waals surface area contributed by atoms with E-state index in [1.165, 1.54) is 17.7 Å². The number of unbranched alkanes of at least 4 members (excludes halogenated alkanes) is 2. The lowest BCUT2D eigenvalue weighted by atomic mass is 9.86. The first-order chi connectivity index (χ1) is 28.6. The number of phenolic OH excluding ortho intramolecular Hbond substituents is 1. The number of pyridine rings is 1. The fraction of sp³-hybridized carbons (Fsp3) is 0.333. The fourth-order valence-electron chi connectivity index (χ4n) is 6.94. The van der Waals surface area contributed by atoms with E-state index in [4.69, 9.17) is 29.3 Å². The number of nitrogens with one attached hydrogen (secondary N) is 2. The van der Waals surface area contributed by atoms with E-state index in [2.05, 4.69) is 39.5 Å². The highest BCUT2D eigenvalue weighted by atomic mass is 16.5. The van der Waals surface area contributed by atoms with Crippen LogP contribution in [-0.4, -0.2) is 93.7 Å². The summed E-state index contributed by atoms with van der Waals surface area (Å²) in [6, 6.07) is 32.5. The molecule has 314 valence electrons. The highest BCUT2D eigenvalue weighted by molar-refractivity contribution is 5.87. The number of carbonyl (C=O) groups excluding carboxylic acids is 1. The number of benzene rings is 4. The molecule has 0 spiro atoms. The quantitative estimate of drug-likeness (QED) is 0.0366. The molecule has 1 aliphatic rings. The summed E-state index contributed by atoms with van der Waals surface area (Å²) in [6.07, 6.45) is 3.68. The van der Waals surface area contributed by atoms with E-state index in [0.717, 1.165) is 51.7 Å². The van der Waals surface area contributed by atoms with Crippen molar-refractivity contribution in [2.24, 2.45) is 5.92 Å². The van der Waals surface area contributed by atoms with Crippen LogP contribution in [0.15, 0.2) is 114 Å². The summed E-state index contributed by atoms with van der Waals surface area (Å²) in [5.41, 5.74) is 0.835. The minimum Gasteiger partial charge on any atom is -0.506 e. The number of likely N-dealkylation sites (tertiary alicyclic amines) is 1. The molecule has 1 fully saturated rings. The van der Waals surface area contributed by atoms with Gasteiger partial charge in [-0.1, -0.05) is 78.9 Å². The van der Waals surface area contributed by atoms with Gasteiger partial charge in [-0.25, -0.2) is 4.79 Å². The van der Waals surface area contributed by atoms with Crippen LogP contribution in [0.2, 0.25) is 0 Å². The predicted octanol–water partition coefficient (Wildman–Crippen LogP) is 5.20. The fourth-order valence-corrected chi connectivity index (χ4v) is 6.94. The van der Waals surface area contributed by atoms with E-state index in [0.29, 0.717) is 53.0 Å². The van der Waals surface area contributed by atoms with Crippen LogP contribution < -0.4 is 15.6 Å². The van der Waals surface area contributed by atoms with Gasteiger partial charge >= 0.3 is 5.97 Å². The number of nitrogens with zero attached hydrogens (tertiary/aromatic N) is 1. The number of hydrogen-bond donors (Lipinski definition) is 7. The molecule has 0 amide bonds. The summed E-state index contributed by atoms with van der Waals surface area (Å²) in [5, 5.41) is 50.4. The van der Waals surface area contributed by atoms with E-state index in [1.54, 1.807) is 60.7 Å². The van der Waals surface area contributed by atoms with E-state index < -0.39 is 17.7 Å². The number of aromatic amines is 1. The minimum absolute atomic E-state index is 0.0366. The number of aromatic hydroxyl groups is 1. The second-order valence-corrected chi connectivity index (χ2v) is 14.0. The highest BCUT2D eigenvalue weighted by Gasteiger charge is 2.42. The predicted molar refractivity (Wildman–Crippen MR) is 222 cm³/mol. The van der Waals surface area contributed by atoms with Crippen molar-refractivity contribution in [2.75, 3.05) is 39.4 Å². The van der Waals surface area contributed by atoms with E-state index >= 15 is 0 Å². The van der Waals surface area contributed by atoms with Crippen molar-refractivity contribution in [3.63, 3.8) is 0 Å². The molecule has 7 N–H and O–H groups in total. The Bertz CT molecular complexity index is 2070. The number of rotatable bonds is 17. The molecule has 1 aromatic heterocycles. The Kier molecular flexibility index (Phi) is 18.6. The molecule has 59 heavy (non-hydrogen) atoms. The lowest BCUT2D eigenvalue weighted by molar-refractivity contribution is -0.164. The van der Waals surface area contributed by atoms with Gasteiger partial charge in [0.15, 0.2) is 0 Å². The maximum Gasteiger partial charge on any atom is 0.347 e. The van der Waals surface area contributed by atoms with Crippen LogP contribution in [0.3, 0.4) is 0 Å². The largest absolute Gasteiger partial charge is 0.506 e. The molecule has 1 saturated heterocycles. The van der Waals surface area contributed by atoms with Gasteiger partial charge in [-0.15, -0.1) is 0 Å². The molecular formula is C45H53N3O11. The molecule has 0 bridgehead atoms. The Morgan fingerprint density at radius 3 is 2.14 bits per heavy atom. The number of H-pyrrole nitrogens is 1. The zero-order valence-corrected chi connectivity index (χ0v) is 32.8. The Morgan fingerprint density at radius 2 is 1.47 bits per heavy atom. The van der Waals surface area contributed by atoms with Crippen LogP contribution in [0.25, 0.3) is 10.9 Å². The van der Waals surface area contributed by atoms with Crippen molar-refractivity contribution >= 4 is 29.8 Å². The van der Waals surface area contributed by atoms with Crippen molar-refractivity contribution in [1.82, 2.24) is 15.2 Å². The number of carbonyl (C=O) groups is 3. The standard InChI is InChI=1S/C43H49N3O7.2CH2O2/c47-38-20-18-36(37-19-21-40(49)45-41(37)38)39(48)28-44-24-8-3-9-27-52-35-16-14-34(15-17-35)43(51,33-12-6-2-7-13-33)42(50)53-30-32-22-25-46(26-23-32)29-31-10-4-1-5-11-31;2*2-1-3/h1-2,4-7,10-21,32,39,44,47-48,51H,3,8-9,22-30H2,(H,45,49);2*1H,(H,2,3)/t39-,43?;;/m0../s1. The van der Waals surface area contributed by atoms with Gasteiger partial charge in [0.25, 0.3) is 12.9 Å². The van der Waals surface area contributed by atoms with Gasteiger partial charge in [0.05, 0.1) is 24.8 Å². The molecule has 0 radical (unpaired) electrons. The van der Waals surface area contributed by atoms with Crippen LogP contribution in [0.1, 0.15) is 60.5 Å². The van der Waals surface area contributed by atoms with Gasteiger partial charge in [-0.3, -0.25) is 19.3 Å². The summed E-state index contributed by atoms with van der Waals surface area (Å²) in [7, 11) is 0. The Balaban J connectivity index is 0.00000121. The molecule has 0 saturated carbocycles. The maximum atomic E-state index is 13.6. The Labute approximate surface area is 342 Å². The van der Waals surface area contributed by atoms with E-state index in [1.807, 2.05) is 12.1 Å². The molecule has 2 atom stereocenters. The summed E-state index contributed by atoms with van der Waals surface area (Å²) in [4.78, 5) is 47.1. The molecule has 0 aliphatic carbocycles. The van der Waals surface area contributed by atoms with Crippen molar-refractivity contribution in [3.8, 4) is 11.5 Å². The van der Waals surface area contributed by atoms with Crippen LogP contribution >= 0.6 is 0 Å². The normalized spacial score (nSPS) is 14.3. The Hall–Kier alpha value is -6.06. The number of piperidine rings is 1. The molecule has 6 rings (SSSR count). The average molecular weight is 812 g/mol. The lowest BCUT2D eigenvalue weighted by Gasteiger charge is -2.33. The number of aliphatic hydroxyl groups excluding tert-OH is 1. The van der Waals surface area contributed by atoms with Crippen molar-refractivity contribution in [1.29, 1.82) is 0 Å². The summed E-state index contributed by atoms with van der Waals surface area (Å²) in [6.45, 7) is 4.11. The van der Waals surface area contributed by atoms with Crippen LogP contribution in [-0.2, 0) is 31.3 Å². The third-order valence-electron chi connectivity index (χ3n) is 10.0. The van der Waals surface area contributed by atoms with Crippen LogP contribution in [0.5, 0.6) is 11.5 Å². The molecule has 14 nitrogen and oxygen atoms in total. The first kappa shape index (κ1) is 45.6. The number of phenols is 1. The van der Waals surface area contributed by atoms with E-state index in [-0.39, 0.29) is 36.8 Å². The topological polar surface area (TPSA) is 219 Å². The third-order valence-corrected chi connectivity index (χ3v) is 10.0. The molecule has 5 aromatic rings. The molecule has 1 aliphatic heterocycles. The van der Waals surface area contributed by atoms with Crippen molar-refractivity contribution in [3.05, 3.63) is 142 Å². The zero-order chi connectivity index (χ0) is 42.5. The smallest absolute Gasteiger partial charge is 0.347 e. The van der Waals surface area contributed by atoms with Gasteiger partial charge in [0.2, 0.25) is 11.2 Å². The number of esters is 1. The van der Waals surface area contributed by atoms with Gasteiger partial charge in [-0.05, 0) is 104 Å². The SMILES string of the molecule is O=C(OCC1CCN(Cc2ccccc2)CC1)C(O)(c1ccccc1)c1ccc(OCCCCCNC[C@H](O)c2ccc(O)c3[nH]c(=O)ccc23)cc1.O=CO.O=CO. The Morgan fingerprint density at radius 1 is 0.847 bits per heavy atom. The third kappa shape index (κ3) is 13.5. The highest BCUT2D eigenvalue weighted by Crippen LogP contribution is 2.33. The number of hydrogen-bond acceptors (Lipinski definition) is 11. The van der Waals surface area contributed by atoms with Crippen molar-refractivity contribution < 1.29 is 49.4 Å². The maximum absolute atomic E-state index is 13.6. The summed E-state index contributed by atoms with van der Waals surface area (Å²) >= 11 is 0. The number of aromatic nitrogens is 1. The molecule has 2 heterocycles. The zero-order valence-electron chi connectivity index (χ0n) is 32.8. The van der Waals surface area contributed by atoms with E-state index in [9.17, 15) is 24.9 Å². The number of ether oxygens (including phenoxy) is 2. The monoisotopic (exact) mass is 811 g/mol. The van der Waals surface area contributed by atoms with Crippen LogP contribution in [0, 0.1) is 5.92 Å². The molecule has 14 heteroatoms. The first-order valence-corrected chi connectivity index (χ1v) is 19.5. The molecule has 1 unspecified atom stereocenters. The minimum atomic E-state index is -1.96. The van der Waals surface area contributed by atoms with Gasteiger partial charge in [0, 0.05) is 24.5 Å². The van der Waals surface area contributed by atoms with Gasteiger partial charge in [-0.2, -0.15) is 0 Å². The van der Waals surface area contributed by atoms with Crippen LogP contribution in [0.4, 0.5) is 0 Å². The second-order valence-electron chi connectivity index (χ2n) is 14.0. The van der Waals surface area contributed by atoms with Crippen molar-refractivity contribution in [2.45, 2.75) is 50.4 Å². The molecular weight excluding hydrogens is 759 g/mol. The second kappa shape index (κ2) is 24.0. The first-order valence-electron chi connectivity index (χ1n) is 19.5. The average Bonchev–Trinajstić information content (AvgIpc) is 3.25. The number of fused-ring (bicyclic) bond motifs is 1. The lowest BCUT2D eigenvalue weighted by Crippen LogP contribution is -2.40. The number of carboxylic acid groups (broad SMARTS) is 2. The summed E-state index contributed by atoms with van der Waals surface area (Å²) < 4.78 is 11.8. The molecule has 4 aromatic carbocycles.